The smallest absolute Gasteiger partial charge is 0.407 e. The van der Waals surface area contributed by atoms with E-state index in [4.69, 9.17) is 4.74 Å². The van der Waals surface area contributed by atoms with Crippen LogP contribution in [0.3, 0.4) is 0 Å². The number of likely N-dealkylation sites (tertiary alicyclic amines) is 1. The molecule has 1 aromatic carbocycles. The van der Waals surface area contributed by atoms with Crippen molar-refractivity contribution in [1.82, 2.24) is 10.2 Å². The number of carbonyl (C=O) groups excluding carboxylic acids is 2. The fourth-order valence-corrected chi connectivity index (χ4v) is 2.27. The Morgan fingerprint density at radius 1 is 1.38 bits per heavy atom. The van der Waals surface area contributed by atoms with Gasteiger partial charge in [0, 0.05) is 13.1 Å². The Hall–Kier alpha value is -2.44. The Balaban J connectivity index is 2.06. The van der Waals surface area contributed by atoms with Crippen LogP contribution >= 0.6 is 0 Å². The summed E-state index contributed by atoms with van der Waals surface area (Å²) in [7, 11) is 2.79. The highest BCUT2D eigenvalue weighted by Crippen LogP contribution is 2.25. The van der Waals surface area contributed by atoms with Crippen LogP contribution in [0.5, 0.6) is 11.5 Å². The van der Waals surface area contributed by atoms with Crippen molar-refractivity contribution in [3.8, 4) is 11.5 Å². The minimum absolute atomic E-state index is 0.0924. The number of methoxy groups -OCH3 is 2. The maximum absolute atomic E-state index is 12.4. The highest BCUT2D eigenvalue weighted by molar-refractivity contribution is 5.97. The van der Waals surface area contributed by atoms with Crippen molar-refractivity contribution in [2.24, 2.45) is 0 Å². The lowest BCUT2D eigenvalue weighted by atomic mass is 10.1. The van der Waals surface area contributed by atoms with Crippen molar-refractivity contribution in [2.75, 3.05) is 27.3 Å². The lowest BCUT2D eigenvalue weighted by Crippen LogP contribution is -2.38. The number of carbonyl (C=O) groups is 2. The second kappa shape index (κ2) is 6.34. The van der Waals surface area contributed by atoms with Gasteiger partial charge in [-0.1, -0.05) is 0 Å². The molecule has 1 aromatic rings. The molecule has 1 saturated heterocycles. The third kappa shape index (κ3) is 3.36. The normalized spacial score (nSPS) is 17.4. The first-order valence-corrected chi connectivity index (χ1v) is 6.56. The number of phenols is 1. The van der Waals surface area contributed by atoms with Gasteiger partial charge in [0.05, 0.1) is 25.8 Å². The maximum Gasteiger partial charge on any atom is 0.407 e. The number of hydrogen-bond donors (Lipinski definition) is 2. The Morgan fingerprint density at radius 3 is 2.81 bits per heavy atom. The van der Waals surface area contributed by atoms with Crippen molar-refractivity contribution in [2.45, 2.75) is 12.5 Å². The number of nitrogens with zero attached hydrogens (tertiary/aromatic N) is 1. The van der Waals surface area contributed by atoms with Gasteiger partial charge < -0.3 is 24.8 Å². The zero-order valence-electron chi connectivity index (χ0n) is 12.0. The monoisotopic (exact) mass is 294 g/mol. The molecule has 0 aromatic heterocycles. The van der Waals surface area contributed by atoms with Gasteiger partial charge in [-0.2, -0.15) is 0 Å². The predicted octanol–water partition coefficient (Wildman–Crippen LogP) is 0.971. The van der Waals surface area contributed by atoms with Gasteiger partial charge >= 0.3 is 6.09 Å². The van der Waals surface area contributed by atoms with E-state index in [1.165, 1.54) is 26.4 Å². The first kappa shape index (κ1) is 15.0. The van der Waals surface area contributed by atoms with Gasteiger partial charge in [-0.05, 0) is 24.6 Å². The van der Waals surface area contributed by atoms with Crippen molar-refractivity contribution >= 4 is 12.0 Å². The van der Waals surface area contributed by atoms with Gasteiger partial charge in [0.1, 0.15) is 11.5 Å². The minimum atomic E-state index is -0.515. The average Bonchev–Trinajstić information content (AvgIpc) is 2.95. The van der Waals surface area contributed by atoms with Crippen LogP contribution in [0.25, 0.3) is 0 Å². The molecular formula is C14H18N2O5. The molecule has 2 rings (SSSR count). The number of alkyl carbamates (subject to hydrolysis) is 1. The molecular weight excluding hydrogens is 276 g/mol. The Kier molecular flexibility index (Phi) is 4.52. The van der Waals surface area contributed by atoms with E-state index in [1.807, 2.05) is 0 Å². The van der Waals surface area contributed by atoms with Crippen LogP contribution in [0.1, 0.15) is 16.8 Å². The third-order valence-electron chi connectivity index (χ3n) is 3.42. The van der Waals surface area contributed by atoms with E-state index < -0.39 is 6.09 Å². The van der Waals surface area contributed by atoms with Gasteiger partial charge in [-0.25, -0.2) is 4.79 Å². The fourth-order valence-electron chi connectivity index (χ4n) is 2.27. The lowest BCUT2D eigenvalue weighted by Gasteiger charge is -2.18. The second-order valence-electron chi connectivity index (χ2n) is 4.76. The summed E-state index contributed by atoms with van der Waals surface area (Å²) in [4.78, 5) is 25.1. The molecule has 21 heavy (non-hydrogen) atoms. The van der Waals surface area contributed by atoms with Crippen LogP contribution in [0.4, 0.5) is 4.79 Å². The summed E-state index contributed by atoms with van der Waals surface area (Å²) in [5, 5.41) is 12.5. The highest BCUT2D eigenvalue weighted by Gasteiger charge is 2.29. The van der Waals surface area contributed by atoms with Gasteiger partial charge in [-0.3, -0.25) is 4.79 Å². The molecule has 1 aliphatic rings. The lowest BCUT2D eigenvalue weighted by molar-refractivity contribution is 0.0784. The zero-order valence-corrected chi connectivity index (χ0v) is 12.0. The van der Waals surface area contributed by atoms with Crippen LogP contribution in [0.2, 0.25) is 0 Å². The number of nitrogens with one attached hydrogen (secondary N) is 1. The molecule has 1 fully saturated rings. The molecule has 2 N–H and O–H groups in total. The van der Waals surface area contributed by atoms with E-state index in [9.17, 15) is 14.7 Å². The molecule has 0 bridgehead atoms. The number of rotatable bonds is 3. The van der Waals surface area contributed by atoms with E-state index in [2.05, 4.69) is 10.1 Å². The molecule has 1 atom stereocenters. The number of benzene rings is 1. The first-order chi connectivity index (χ1) is 10.0. The van der Waals surface area contributed by atoms with E-state index in [0.29, 0.717) is 25.3 Å². The predicted molar refractivity (Wildman–Crippen MR) is 74.5 cm³/mol. The first-order valence-electron chi connectivity index (χ1n) is 6.56. The van der Waals surface area contributed by atoms with Crippen LogP contribution in [-0.2, 0) is 4.74 Å². The van der Waals surface area contributed by atoms with E-state index in [0.717, 1.165) is 0 Å². The summed E-state index contributed by atoms with van der Waals surface area (Å²) in [5.41, 5.74) is 0.188. The summed E-state index contributed by atoms with van der Waals surface area (Å²) in [6.07, 6.45) is 0.129. The minimum Gasteiger partial charge on any atom is -0.507 e. The largest absolute Gasteiger partial charge is 0.507 e. The summed E-state index contributed by atoms with van der Waals surface area (Å²) >= 11 is 0. The Labute approximate surface area is 122 Å². The SMILES string of the molecule is COC(=O)NC1CCN(C(=O)c2cc(OC)ccc2O)C1. The molecule has 0 aliphatic carbocycles. The highest BCUT2D eigenvalue weighted by atomic mass is 16.5. The van der Waals surface area contributed by atoms with Crippen molar-refractivity contribution in [1.29, 1.82) is 0 Å². The third-order valence-corrected chi connectivity index (χ3v) is 3.42. The van der Waals surface area contributed by atoms with Gasteiger partial charge in [0.15, 0.2) is 0 Å². The van der Waals surface area contributed by atoms with Crippen LogP contribution in [-0.4, -0.2) is 55.4 Å². The molecule has 1 heterocycles. The molecule has 0 spiro atoms. The fraction of sp³-hybridized carbons (Fsp3) is 0.429. The van der Waals surface area contributed by atoms with Gasteiger partial charge in [0.2, 0.25) is 0 Å². The van der Waals surface area contributed by atoms with Crippen molar-refractivity contribution in [3.05, 3.63) is 23.8 Å². The number of phenolic OH excluding ortho intramolecular Hbond substituents is 1. The van der Waals surface area contributed by atoms with Crippen LogP contribution < -0.4 is 10.1 Å². The second-order valence-corrected chi connectivity index (χ2v) is 4.76. The Morgan fingerprint density at radius 2 is 2.14 bits per heavy atom. The topological polar surface area (TPSA) is 88.1 Å². The number of ether oxygens (including phenoxy) is 2. The standard InChI is InChI=1S/C14H18N2O5/c1-20-10-3-4-12(17)11(7-10)13(18)16-6-5-9(8-16)15-14(19)21-2/h3-4,7,9,17H,5-6,8H2,1-2H3,(H,15,19). The molecule has 114 valence electrons. The Bertz CT molecular complexity index is 546. The van der Waals surface area contributed by atoms with Crippen LogP contribution in [0.15, 0.2) is 18.2 Å². The molecule has 1 aliphatic heterocycles. The molecule has 7 heteroatoms. The van der Waals surface area contributed by atoms with Crippen LogP contribution in [0, 0.1) is 0 Å². The molecule has 2 amide bonds. The summed E-state index contributed by atoms with van der Waals surface area (Å²) in [6, 6.07) is 4.36. The van der Waals surface area contributed by atoms with Crippen molar-refractivity contribution in [3.63, 3.8) is 0 Å². The molecule has 7 nitrogen and oxygen atoms in total. The molecule has 1 unspecified atom stereocenters. The number of aromatic hydroxyl groups is 1. The van der Waals surface area contributed by atoms with Gasteiger partial charge in [0.25, 0.3) is 5.91 Å². The molecule has 0 saturated carbocycles. The van der Waals surface area contributed by atoms with E-state index >= 15 is 0 Å². The van der Waals surface area contributed by atoms with Gasteiger partial charge in [-0.15, -0.1) is 0 Å². The quantitative estimate of drug-likeness (QED) is 0.867. The summed E-state index contributed by atoms with van der Waals surface area (Å²) in [5.74, 6) is 0.116. The number of hydrogen-bond acceptors (Lipinski definition) is 5. The summed E-state index contributed by atoms with van der Waals surface area (Å²) in [6.45, 7) is 0.884. The maximum atomic E-state index is 12.4. The zero-order chi connectivity index (χ0) is 15.4. The summed E-state index contributed by atoms with van der Waals surface area (Å²) < 4.78 is 9.59. The number of amides is 2. The van der Waals surface area contributed by atoms with E-state index in [-0.39, 0.29) is 23.3 Å². The van der Waals surface area contributed by atoms with Crippen molar-refractivity contribution < 1.29 is 24.2 Å². The molecule has 0 radical (unpaired) electrons. The van der Waals surface area contributed by atoms with E-state index in [1.54, 1.807) is 11.0 Å². The average molecular weight is 294 g/mol.